The Kier molecular flexibility index (Phi) is 3.27. The van der Waals surface area contributed by atoms with E-state index in [9.17, 15) is 8.42 Å². The van der Waals surface area contributed by atoms with Crippen LogP contribution >= 0.6 is 0 Å². The zero-order chi connectivity index (χ0) is 13.5. The summed E-state index contributed by atoms with van der Waals surface area (Å²) in [5.41, 5.74) is 7.03. The Labute approximate surface area is 114 Å². The average Bonchev–Trinajstić information content (AvgIpc) is 3.18. The first-order valence-corrected chi connectivity index (χ1v) is 8.53. The molecule has 4 nitrogen and oxygen atoms in total. The van der Waals surface area contributed by atoms with Gasteiger partial charge in [0.15, 0.2) is 0 Å². The van der Waals surface area contributed by atoms with E-state index in [0.717, 1.165) is 5.56 Å². The van der Waals surface area contributed by atoms with E-state index in [2.05, 4.69) is 4.72 Å². The molecule has 2 fully saturated rings. The Morgan fingerprint density at radius 2 is 1.84 bits per heavy atom. The van der Waals surface area contributed by atoms with Gasteiger partial charge in [-0.3, -0.25) is 0 Å². The topological polar surface area (TPSA) is 72.2 Å². The molecule has 0 radical (unpaired) electrons. The van der Waals surface area contributed by atoms with Crippen LogP contribution in [0.5, 0.6) is 0 Å². The lowest BCUT2D eigenvalue weighted by molar-refractivity contribution is 0.471. The van der Waals surface area contributed by atoms with Gasteiger partial charge in [0.25, 0.3) is 0 Å². The number of nitrogens with two attached hydrogens (primary N) is 1. The fourth-order valence-corrected chi connectivity index (χ4v) is 4.14. The largest absolute Gasteiger partial charge is 0.399 e. The average molecular weight is 280 g/mol. The predicted octanol–water partition coefficient (Wildman–Crippen LogP) is 1.88. The Morgan fingerprint density at radius 1 is 1.21 bits per heavy atom. The van der Waals surface area contributed by atoms with Gasteiger partial charge < -0.3 is 5.73 Å². The van der Waals surface area contributed by atoms with Crippen molar-refractivity contribution < 1.29 is 8.42 Å². The van der Waals surface area contributed by atoms with Gasteiger partial charge in [-0.1, -0.05) is 12.1 Å². The number of benzene rings is 1. The normalized spacial score (nSPS) is 19.8. The molecule has 2 saturated carbocycles. The highest BCUT2D eigenvalue weighted by molar-refractivity contribution is 7.88. The molecule has 5 heteroatoms. The lowest BCUT2D eigenvalue weighted by Crippen LogP contribution is -2.38. The summed E-state index contributed by atoms with van der Waals surface area (Å²) < 4.78 is 27.4. The molecule has 0 aromatic heterocycles. The summed E-state index contributed by atoms with van der Waals surface area (Å²) in [6.07, 6.45) is 4.67. The second-order valence-corrected chi connectivity index (χ2v) is 7.58. The number of hydrogen-bond donors (Lipinski definition) is 2. The van der Waals surface area contributed by atoms with Gasteiger partial charge >= 0.3 is 0 Å². The predicted molar refractivity (Wildman–Crippen MR) is 75.8 cm³/mol. The van der Waals surface area contributed by atoms with Crippen molar-refractivity contribution in [2.45, 2.75) is 37.5 Å². The second-order valence-electron chi connectivity index (χ2n) is 5.82. The molecule has 104 valence electrons. The number of nitrogen functional groups attached to an aromatic ring is 1. The van der Waals surface area contributed by atoms with Crippen molar-refractivity contribution in [1.82, 2.24) is 4.72 Å². The summed E-state index contributed by atoms with van der Waals surface area (Å²) >= 11 is 0. The summed E-state index contributed by atoms with van der Waals surface area (Å²) in [5.74, 6) is 1.17. The van der Waals surface area contributed by atoms with Crippen LogP contribution in [-0.2, 0) is 15.8 Å². The van der Waals surface area contributed by atoms with Gasteiger partial charge in [0.05, 0.1) is 5.75 Å². The van der Waals surface area contributed by atoms with Gasteiger partial charge in [0, 0.05) is 11.7 Å². The zero-order valence-corrected chi connectivity index (χ0v) is 11.7. The highest BCUT2D eigenvalue weighted by Crippen LogP contribution is 2.44. The first-order chi connectivity index (χ1) is 9.03. The van der Waals surface area contributed by atoms with Crippen LogP contribution in [0.25, 0.3) is 0 Å². The quantitative estimate of drug-likeness (QED) is 0.781. The van der Waals surface area contributed by atoms with E-state index in [1.54, 1.807) is 24.3 Å². The summed E-state index contributed by atoms with van der Waals surface area (Å²) in [6.45, 7) is 0. The number of anilines is 1. The monoisotopic (exact) mass is 280 g/mol. The van der Waals surface area contributed by atoms with Crippen molar-refractivity contribution >= 4 is 15.7 Å². The Hall–Kier alpha value is -1.07. The zero-order valence-electron chi connectivity index (χ0n) is 10.9. The molecule has 0 heterocycles. The molecule has 0 aliphatic heterocycles. The SMILES string of the molecule is Nc1cccc(CS(=O)(=O)NC(C2CC2)C2CC2)c1. The number of hydrogen-bond acceptors (Lipinski definition) is 3. The van der Waals surface area contributed by atoms with Crippen molar-refractivity contribution in [2.75, 3.05) is 5.73 Å². The van der Waals surface area contributed by atoms with Crippen LogP contribution in [0.1, 0.15) is 31.2 Å². The maximum absolute atomic E-state index is 12.2. The van der Waals surface area contributed by atoms with Gasteiger partial charge in [-0.2, -0.15) is 0 Å². The van der Waals surface area contributed by atoms with Crippen molar-refractivity contribution in [3.63, 3.8) is 0 Å². The van der Waals surface area contributed by atoms with Gasteiger partial charge in [-0.25, -0.2) is 13.1 Å². The van der Waals surface area contributed by atoms with E-state index in [1.807, 2.05) is 0 Å². The minimum atomic E-state index is -3.27. The van der Waals surface area contributed by atoms with Crippen LogP contribution in [0.4, 0.5) is 5.69 Å². The van der Waals surface area contributed by atoms with Crippen LogP contribution < -0.4 is 10.5 Å². The van der Waals surface area contributed by atoms with E-state index in [-0.39, 0.29) is 11.8 Å². The molecule has 2 aliphatic rings. The molecule has 0 saturated heterocycles. The Balaban J connectivity index is 1.68. The second kappa shape index (κ2) is 4.80. The van der Waals surface area contributed by atoms with E-state index < -0.39 is 10.0 Å². The van der Waals surface area contributed by atoms with Gasteiger partial charge in [-0.15, -0.1) is 0 Å². The maximum Gasteiger partial charge on any atom is 0.216 e. The molecule has 0 spiro atoms. The van der Waals surface area contributed by atoms with Crippen molar-refractivity contribution in [2.24, 2.45) is 11.8 Å². The number of sulfonamides is 1. The maximum atomic E-state index is 12.2. The highest BCUT2D eigenvalue weighted by Gasteiger charge is 2.43. The van der Waals surface area contributed by atoms with Gasteiger partial charge in [0.1, 0.15) is 0 Å². The molecule has 3 rings (SSSR count). The minimum Gasteiger partial charge on any atom is -0.399 e. The molecular formula is C14H20N2O2S. The molecule has 0 unspecified atom stereocenters. The van der Waals surface area contributed by atoms with Crippen molar-refractivity contribution in [1.29, 1.82) is 0 Å². The lowest BCUT2D eigenvalue weighted by atomic mass is 10.1. The number of nitrogens with one attached hydrogen (secondary N) is 1. The summed E-state index contributed by atoms with van der Waals surface area (Å²) in [4.78, 5) is 0. The first kappa shape index (κ1) is 12.9. The molecule has 1 aromatic rings. The first-order valence-electron chi connectivity index (χ1n) is 6.88. The van der Waals surface area contributed by atoms with Crippen molar-refractivity contribution in [3.05, 3.63) is 29.8 Å². The fraction of sp³-hybridized carbons (Fsp3) is 0.571. The van der Waals surface area contributed by atoms with E-state index in [4.69, 9.17) is 5.73 Å². The smallest absolute Gasteiger partial charge is 0.216 e. The molecule has 0 atom stereocenters. The van der Waals surface area contributed by atoms with Crippen LogP contribution in [0.2, 0.25) is 0 Å². The van der Waals surface area contributed by atoms with Crippen LogP contribution in [-0.4, -0.2) is 14.5 Å². The van der Waals surface area contributed by atoms with Crippen molar-refractivity contribution in [3.8, 4) is 0 Å². The third kappa shape index (κ3) is 3.48. The molecule has 3 N–H and O–H groups in total. The standard InChI is InChI=1S/C14H20N2O2S/c15-13-3-1-2-10(8-13)9-19(17,18)16-14(11-4-5-11)12-6-7-12/h1-3,8,11-12,14,16H,4-7,9,15H2. The summed E-state index contributed by atoms with van der Waals surface area (Å²) in [5, 5.41) is 0. The molecule has 0 amide bonds. The van der Waals surface area contributed by atoms with E-state index in [1.165, 1.54) is 25.7 Å². The molecule has 2 aliphatic carbocycles. The highest BCUT2D eigenvalue weighted by atomic mass is 32.2. The van der Waals surface area contributed by atoms with Crippen LogP contribution in [0, 0.1) is 11.8 Å². The third-order valence-electron chi connectivity index (χ3n) is 3.88. The van der Waals surface area contributed by atoms with Crippen LogP contribution in [0.3, 0.4) is 0 Å². The molecule has 19 heavy (non-hydrogen) atoms. The molecular weight excluding hydrogens is 260 g/mol. The third-order valence-corrected chi connectivity index (χ3v) is 5.23. The summed E-state index contributed by atoms with van der Waals surface area (Å²) in [7, 11) is -3.27. The lowest BCUT2D eigenvalue weighted by Gasteiger charge is -2.17. The van der Waals surface area contributed by atoms with Crippen LogP contribution in [0.15, 0.2) is 24.3 Å². The fourth-order valence-electron chi connectivity index (χ4n) is 2.64. The van der Waals surface area contributed by atoms with Gasteiger partial charge in [-0.05, 0) is 55.2 Å². The number of rotatable bonds is 6. The Bertz CT molecular complexity index is 551. The molecule has 0 bridgehead atoms. The summed E-state index contributed by atoms with van der Waals surface area (Å²) in [6, 6.07) is 7.26. The van der Waals surface area contributed by atoms with E-state index in [0.29, 0.717) is 17.5 Å². The van der Waals surface area contributed by atoms with E-state index >= 15 is 0 Å². The molecule has 1 aromatic carbocycles. The Morgan fingerprint density at radius 3 is 2.37 bits per heavy atom. The van der Waals surface area contributed by atoms with Gasteiger partial charge in [0.2, 0.25) is 10.0 Å². The minimum absolute atomic E-state index is 0.0218.